The number of nitrogens with zero attached hydrogens (tertiary/aromatic N) is 1. The number of rotatable bonds is 5. The van der Waals surface area contributed by atoms with E-state index in [0.29, 0.717) is 6.54 Å². The lowest BCUT2D eigenvalue weighted by atomic mass is 10.3. The molecule has 0 spiro atoms. The lowest BCUT2D eigenvalue weighted by Crippen LogP contribution is -2.38. The highest BCUT2D eigenvalue weighted by molar-refractivity contribution is 7.89. The molecule has 0 radical (unpaired) electrons. The van der Waals surface area contributed by atoms with Crippen molar-refractivity contribution in [2.75, 3.05) is 25.9 Å². The Morgan fingerprint density at radius 1 is 1.40 bits per heavy atom. The van der Waals surface area contributed by atoms with Crippen LogP contribution in [0.4, 0.5) is 5.69 Å². The predicted molar refractivity (Wildman–Crippen MR) is 79.4 cm³/mol. The second-order valence-corrected chi connectivity index (χ2v) is 6.79. The van der Waals surface area contributed by atoms with Crippen molar-refractivity contribution in [1.29, 1.82) is 0 Å². The third kappa shape index (κ3) is 3.54. The van der Waals surface area contributed by atoms with Crippen molar-refractivity contribution in [3.05, 3.63) is 22.2 Å². The third-order valence-electron chi connectivity index (χ3n) is 2.52. The number of benzene rings is 1. The maximum Gasteiger partial charge on any atom is 0.244 e. The summed E-state index contributed by atoms with van der Waals surface area (Å²) in [6, 6.07) is 2.60. The Morgan fingerprint density at radius 2 is 2.00 bits per heavy atom. The molecule has 0 aliphatic heterocycles. The molecule has 0 saturated heterocycles. The van der Waals surface area contributed by atoms with Crippen LogP contribution in [-0.4, -0.2) is 38.8 Å². The summed E-state index contributed by atoms with van der Waals surface area (Å²) >= 11 is 11.7. The van der Waals surface area contributed by atoms with Gasteiger partial charge in [0.1, 0.15) is 4.90 Å². The summed E-state index contributed by atoms with van der Waals surface area (Å²) in [5.41, 5.74) is 5.59. The number of halogens is 2. The smallest absolute Gasteiger partial charge is 0.244 e. The Balaban J connectivity index is 3.11. The molecule has 9 heteroatoms. The molecule has 0 heterocycles. The minimum Gasteiger partial charge on any atom is -0.396 e. The number of nitrogens with two attached hydrogens (primary N) is 1. The third-order valence-corrected chi connectivity index (χ3v) is 5.21. The fourth-order valence-corrected chi connectivity index (χ4v) is 3.32. The quantitative estimate of drug-likeness (QED) is 0.791. The predicted octanol–water partition coefficient (Wildman–Crippen LogP) is 1.33. The molecule has 112 valence electrons. The van der Waals surface area contributed by atoms with Crippen LogP contribution in [-0.2, 0) is 14.8 Å². The molecule has 0 fully saturated rings. The lowest BCUT2D eigenvalue weighted by molar-refractivity contribution is -0.121. The summed E-state index contributed by atoms with van der Waals surface area (Å²) in [6.07, 6.45) is 0. The maximum absolute atomic E-state index is 12.3. The molecule has 6 nitrogen and oxygen atoms in total. The van der Waals surface area contributed by atoms with Gasteiger partial charge in [-0.1, -0.05) is 23.2 Å². The maximum atomic E-state index is 12.3. The Morgan fingerprint density at radius 3 is 2.55 bits per heavy atom. The first-order valence-corrected chi connectivity index (χ1v) is 7.88. The molecule has 3 N–H and O–H groups in total. The van der Waals surface area contributed by atoms with E-state index in [1.807, 2.05) is 0 Å². The van der Waals surface area contributed by atoms with Gasteiger partial charge in [0.15, 0.2) is 0 Å². The number of nitrogens with one attached hydrogen (secondary N) is 1. The molecule has 1 aromatic rings. The molecule has 0 aromatic heterocycles. The molecule has 0 aliphatic rings. The van der Waals surface area contributed by atoms with E-state index >= 15 is 0 Å². The molecular formula is C11H15Cl2N3O3S. The average molecular weight is 340 g/mol. The van der Waals surface area contributed by atoms with Gasteiger partial charge in [0.05, 0.1) is 22.3 Å². The van der Waals surface area contributed by atoms with Crippen molar-refractivity contribution in [1.82, 2.24) is 9.62 Å². The van der Waals surface area contributed by atoms with E-state index in [1.54, 1.807) is 6.92 Å². The van der Waals surface area contributed by atoms with E-state index in [0.717, 1.165) is 4.31 Å². The van der Waals surface area contributed by atoms with Gasteiger partial charge in [-0.15, -0.1) is 0 Å². The van der Waals surface area contributed by atoms with Gasteiger partial charge in [0, 0.05) is 13.6 Å². The van der Waals surface area contributed by atoms with Crippen molar-refractivity contribution >= 4 is 44.8 Å². The molecule has 1 amide bonds. The number of sulfonamides is 1. The molecule has 0 aliphatic carbocycles. The Bertz CT molecular complexity index is 620. The number of hydrogen-bond donors (Lipinski definition) is 2. The van der Waals surface area contributed by atoms with Gasteiger partial charge in [-0.05, 0) is 19.1 Å². The standard InChI is InChI=1S/C11H15Cl2N3O3S/c1-3-15-9(17)6-16(2)20(18,19)8-5-4-7(12)11(14)10(8)13/h4-5H,3,6,14H2,1-2H3,(H,15,17). The second kappa shape index (κ2) is 6.62. The summed E-state index contributed by atoms with van der Waals surface area (Å²) in [7, 11) is -2.64. The normalized spacial score (nSPS) is 11.7. The van der Waals surface area contributed by atoms with Crippen molar-refractivity contribution in [2.45, 2.75) is 11.8 Å². The van der Waals surface area contributed by atoms with E-state index in [1.165, 1.54) is 19.2 Å². The van der Waals surface area contributed by atoms with E-state index < -0.39 is 15.9 Å². The number of carbonyl (C=O) groups is 1. The van der Waals surface area contributed by atoms with Gasteiger partial charge in [-0.25, -0.2) is 8.42 Å². The largest absolute Gasteiger partial charge is 0.396 e. The molecule has 20 heavy (non-hydrogen) atoms. The topological polar surface area (TPSA) is 92.5 Å². The summed E-state index contributed by atoms with van der Waals surface area (Å²) < 4.78 is 25.5. The van der Waals surface area contributed by atoms with Gasteiger partial charge in [0.25, 0.3) is 0 Å². The van der Waals surface area contributed by atoms with Gasteiger partial charge in [-0.3, -0.25) is 4.79 Å². The van der Waals surface area contributed by atoms with Crippen LogP contribution in [0.5, 0.6) is 0 Å². The molecule has 1 rings (SSSR count). The van der Waals surface area contributed by atoms with Gasteiger partial charge in [-0.2, -0.15) is 4.31 Å². The van der Waals surface area contributed by atoms with Crippen LogP contribution >= 0.6 is 23.2 Å². The monoisotopic (exact) mass is 339 g/mol. The fraction of sp³-hybridized carbons (Fsp3) is 0.364. The summed E-state index contributed by atoms with van der Waals surface area (Å²) in [6.45, 7) is 1.85. The van der Waals surface area contributed by atoms with E-state index in [9.17, 15) is 13.2 Å². The lowest BCUT2D eigenvalue weighted by Gasteiger charge is -2.18. The minimum absolute atomic E-state index is 0.0131. The number of anilines is 1. The SMILES string of the molecule is CCNC(=O)CN(C)S(=O)(=O)c1ccc(Cl)c(N)c1Cl. The number of carbonyl (C=O) groups excluding carboxylic acids is 1. The van der Waals surface area contributed by atoms with Crippen molar-refractivity contribution < 1.29 is 13.2 Å². The second-order valence-electron chi connectivity index (χ2n) is 3.99. The molecule has 0 atom stereocenters. The van der Waals surface area contributed by atoms with Crippen LogP contribution in [0.15, 0.2) is 17.0 Å². The number of nitrogen functional groups attached to an aromatic ring is 1. The number of amides is 1. The zero-order chi connectivity index (χ0) is 15.5. The first kappa shape index (κ1) is 17.0. The number of hydrogen-bond acceptors (Lipinski definition) is 4. The fourth-order valence-electron chi connectivity index (χ4n) is 1.46. The Labute approximate surface area is 127 Å². The minimum atomic E-state index is -3.92. The highest BCUT2D eigenvalue weighted by atomic mass is 35.5. The zero-order valence-corrected chi connectivity index (χ0v) is 13.3. The van der Waals surface area contributed by atoms with Crippen LogP contribution in [0.2, 0.25) is 10.0 Å². The van der Waals surface area contributed by atoms with Crippen LogP contribution < -0.4 is 11.1 Å². The first-order chi connectivity index (χ1) is 9.21. The molecule has 1 aromatic carbocycles. The van der Waals surface area contributed by atoms with Gasteiger partial charge >= 0.3 is 0 Å². The summed E-state index contributed by atoms with van der Waals surface area (Å²) in [5, 5.41) is 2.53. The van der Waals surface area contributed by atoms with E-state index in [4.69, 9.17) is 28.9 Å². The molecule has 0 unspecified atom stereocenters. The first-order valence-electron chi connectivity index (χ1n) is 5.68. The van der Waals surface area contributed by atoms with Crippen molar-refractivity contribution in [2.24, 2.45) is 0 Å². The van der Waals surface area contributed by atoms with Gasteiger partial charge < -0.3 is 11.1 Å². The Kier molecular flexibility index (Phi) is 5.64. The van der Waals surface area contributed by atoms with Crippen LogP contribution in [0, 0.1) is 0 Å². The highest BCUT2D eigenvalue weighted by Crippen LogP contribution is 2.34. The van der Waals surface area contributed by atoms with Crippen LogP contribution in [0.1, 0.15) is 6.92 Å². The summed E-state index contributed by atoms with van der Waals surface area (Å²) in [4.78, 5) is 11.3. The van der Waals surface area contributed by atoms with Crippen molar-refractivity contribution in [3.63, 3.8) is 0 Å². The van der Waals surface area contributed by atoms with E-state index in [2.05, 4.69) is 5.32 Å². The van der Waals surface area contributed by atoms with E-state index in [-0.39, 0.29) is 27.2 Å². The Hall–Kier alpha value is -1.02. The zero-order valence-electron chi connectivity index (χ0n) is 11.0. The van der Waals surface area contributed by atoms with Crippen LogP contribution in [0.25, 0.3) is 0 Å². The molecule has 0 bridgehead atoms. The molecular weight excluding hydrogens is 325 g/mol. The van der Waals surface area contributed by atoms with Crippen LogP contribution in [0.3, 0.4) is 0 Å². The highest BCUT2D eigenvalue weighted by Gasteiger charge is 2.26. The van der Waals surface area contributed by atoms with Gasteiger partial charge in [0.2, 0.25) is 15.9 Å². The molecule has 0 saturated carbocycles. The average Bonchev–Trinajstić information content (AvgIpc) is 2.35. The summed E-state index contributed by atoms with van der Waals surface area (Å²) in [5.74, 6) is -0.406. The number of likely N-dealkylation sites (N-methyl/N-ethyl adjacent to an activating group) is 2. The van der Waals surface area contributed by atoms with Crippen molar-refractivity contribution in [3.8, 4) is 0 Å².